The molecule has 0 unspecified atom stereocenters. The number of nitrogens with one attached hydrogen (secondary N) is 1. The zero-order chi connectivity index (χ0) is 14.0. The highest BCUT2D eigenvalue weighted by molar-refractivity contribution is 5.84. The lowest BCUT2D eigenvalue weighted by Gasteiger charge is -2.23. The number of para-hydroxylation sites is 1. The molecule has 0 spiro atoms. The van der Waals surface area contributed by atoms with E-state index in [-0.39, 0.29) is 12.1 Å². The van der Waals surface area contributed by atoms with Gasteiger partial charge >= 0.3 is 0 Å². The summed E-state index contributed by atoms with van der Waals surface area (Å²) in [5.41, 5.74) is 2.31. The van der Waals surface area contributed by atoms with Crippen molar-refractivity contribution in [3.8, 4) is 0 Å². The van der Waals surface area contributed by atoms with Gasteiger partial charge in [-0.2, -0.15) is 0 Å². The molecule has 0 aliphatic rings. The lowest BCUT2D eigenvalue weighted by atomic mass is 10.1. The molecule has 0 radical (unpaired) electrons. The number of nitrogens with zero attached hydrogens (tertiary/aromatic N) is 1. The SMILES string of the molecule is CC(C)n1cc(CNC(C)(C)CO)c2ccccc21. The first-order chi connectivity index (χ1) is 8.94. The maximum Gasteiger partial charge on any atom is 0.0607 e. The van der Waals surface area contributed by atoms with Crippen LogP contribution in [0.2, 0.25) is 0 Å². The fraction of sp³-hybridized carbons (Fsp3) is 0.500. The number of aliphatic hydroxyl groups is 1. The summed E-state index contributed by atoms with van der Waals surface area (Å²) in [6.45, 7) is 9.31. The molecule has 3 nitrogen and oxygen atoms in total. The van der Waals surface area contributed by atoms with Gasteiger partial charge < -0.3 is 15.0 Å². The number of aliphatic hydroxyl groups excluding tert-OH is 1. The molecule has 3 heteroatoms. The smallest absolute Gasteiger partial charge is 0.0607 e. The average Bonchev–Trinajstić information content (AvgIpc) is 2.76. The van der Waals surface area contributed by atoms with Crippen LogP contribution in [0.5, 0.6) is 0 Å². The van der Waals surface area contributed by atoms with Crippen LogP contribution < -0.4 is 5.32 Å². The molecule has 1 aromatic carbocycles. The average molecular weight is 260 g/mol. The van der Waals surface area contributed by atoms with Crippen molar-refractivity contribution in [1.29, 1.82) is 0 Å². The largest absolute Gasteiger partial charge is 0.394 e. The molecule has 0 aliphatic heterocycles. The predicted molar refractivity (Wildman–Crippen MR) is 80.3 cm³/mol. The third-order valence-electron chi connectivity index (χ3n) is 3.53. The predicted octanol–water partition coefficient (Wildman–Crippen LogP) is 3.08. The highest BCUT2D eigenvalue weighted by atomic mass is 16.3. The van der Waals surface area contributed by atoms with Gasteiger partial charge in [0.15, 0.2) is 0 Å². The maximum atomic E-state index is 9.31. The standard InChI is InChI=1S/C16H24N2O/c1-12(2)18-10-13(9-17-16(3,4)11-19)14-7-5-6-8-15(14)18/h5-8,10,12,17,19H,9,11H2,1-4H3. The van der Waals surface area contributed by atoms with Gasteiger partial charge in [0.25, 0.3) is 0 Å². The molecule has 2 aromatic rings. The summed E-state index contributed by atoms with van der Waals surface area (Å²) in [5.74, 6) is 0. The summed E-state index contributed by atoms with van der Waals surface area (Å²) in [6, 6.07) is 8.93. The van der Waals surface area contributed by atoms with Gasteiger partial charge in [0, 0.05) is 35.2 Å². The van der Waals surface area contributed by atoms with Crippen molar-refractivity contribution in [1.82, 2.24) is 9.88 Å². The molecule has 1 aromatic heterocycles. The zero-order valence-corrected chi connectivity index (χ0v) is 12.3. The monoisotopic (exact) mass is 260 g/mol. The summed E-state index contributed by atoms with van der Waals surface area (Å²) in [7, 11) is 0. The van der Waals surface area contributed by atoms with Crippen LogP contribution in [0.4, 0.5) is 0 Å². The molecule has 19 heavy (non-hydrogen) atoms. The Kier molecular flexibility index (Phi) is 3.97. The normalized spacial score (nSPS) is 12.5. The van der Waals surface area contributed by atoms with Crippen molar-refractivity contribution in [2.24, 2.45) is 0 Å². The molecule has 0 aliphatic carbocycles. The van der Waals surface area contributed by atoms with Crippen molar-refractivity contribution in [2.45, 2.75) is 45.8 Å². The van der Waals surface area contributed by atoms with Crippen LogP contribution in [0, 0.1) is 0 Å². The van der Waals surface area contributed by atoms with Crippen molar-refractivity contribution in [2.75, 3.05) is 6.61 Å². The molecule has 0 amide bonds. The number of rotatable bonds is 5. The number of hydrogen-bond donors (Lipinski definition) is 2. The van der Waals surface area contributed by atoms with E-state index in [4.69, 9.17) is 0 Å². The number of aromatic nitrogens is 1. The Bertz CT molecular complexity index is 555. The molecule has 1 heterocycles. The van der Waals surface area contributed by atoms with Crippen molar-refractivity contribution in [3.63, 3.8) is 0 Å². The molecular weight excluding hydrogens is 236 g/mol. The fourth-order valence-corrected chi connectivity index (χ4v) is 2.24. The minimum atomic E-state index is -0.249. The van der Waals surface area contributed by atoms with E-state index in [1.165, 1.54) is 16.5 Å². The van der Waals surface area contributed by atoms with Crippen molar-refractivity contribution >= 4 is 10.9 Å². The van der Waals surface area contributed by atoms with Crippen LogP contribution in [0.1, 0.15) is 39.3 Å². The van der Waals surface area contributed by atoms with Gasteiger partial charge in [-0.05, 0) is 39.3 Å². The first-order valence-corrected chi connectivity index (χ1v) is 6.89. The molecule has 0 saturated heterocycles. The third kappa shape index (κ3) is 2.99. The van der Waals surface area contributed by atoms with Crippen LogP contribution in [-0.4, -0.2) is 21.8 Å². The van der Waals surface area contributed by atoms with Crippen LogP contribution in [0.25, 0.3) is 10.9 Å². The number of hydrogen-bond acceptors (Lipinski definition) is 2. The lowest BCUT2D eigenvalue weighted by Crippen LogP contribution is -2.42. The van der Waals surface area contributed by atoms with E-state index >= 15 is 0 Å². The highest BCUT2D eigenvalue weighted by Gasteiger charge is 2.17. The summed E-state index contributed by atoms with van der Waals surface area (Å²) in [4.78, 5) is 0. The zero-order valence-electron chi connectivity index (χ0n) is 12.3. The Balaban J connectivity index is 2.33. The Labute approximate surface area is 115 Å². The van der Waals surface area contributed by atoms with Gasteiger partial charge in [-0.15, -0.1) is 0 Å². The fourth-order valence-electron chi connectivity index (χ4n) is 2.24. The first-order valence-electron chi connectivity index (χ1n) is 6.89. The number of fused-ring (bicyclic) bond motifs is 1. The van der Waals surface area contributed by atoms with Gasteiger partial charge in [0.1, 0.15) is 0 Å². The van der Waals surface area contributed by atoms with E-state index in [0.717, 1.165) is 6.54 Å². The molecular formula is C16H24N2O. The van der Waals surface area contributed by atoms with E-state index in [0.29, 0.717) is 6.04 Å². The van der Waals surface area contributed by atoms with Gasteiger partial charge in [-0.3, -0.25) is 0 Å². The van der Waals surface area contributed by atoms with Crippen LogP contribution in [0.15, 0.2) is 30.5 Å². The van der Waals surface area contributed by atoms with E-state index in [2.05, 4.69) is 54.2 Å². The molecule has 0 fully saturated rings. The van der Waals surface area contributed by atoms with E-state index in [1.54, 1.807) is 0 Å². The second kappa shape index (κ2) is 5.35. The molecule has 0 bridgehead atoms. The molecule has 104 valence electrons. The third-order valence-corrected chi connectivity index (χ3v) is 3.53. The van der Waals surface area contributed by atoms with E-state index < -0.39 is 0 Å². The maximum absolute atomic E-state index is 9.31. The Morgan fingerprint density at radius 3 is 2.58 bits per heavy atom. The molecule has 0 atom stereocenters. The van der Waals surface area contributed by atoms with Crippen LogP contribution in [0.3, 0.4) is 0 Å². The van der Waals surface area contributed by atoms with Gasteiger partial charge in [-0.25, -0.2) is 0 Å². The summed E-state index contributed by atoms with van der Waals surface area (Å²) >= 11 is 0. The molecule has 2 N–H and O–H groups in total. The second-order valence-electron chi connectivity index (χ2n) is 6.07. The van der Waals surface area contributed by atoms with Crippen molar-refractivity contribution in [3.05, 3.63) is 36.0 Å². The second-order valence-corrected chi connectivity index (χ2v) is 6.07. The number of benzene rings is 1. The quantitative estimate of drug-likeness (QED) is 0.867. The lowest BCUT2D eigenvalue weighted by molar-refractivity contribution is 0.187. The Morgan fingerprint density at radius 2 is 1.95 bits per heavy atom. The van der Waals surface area contributed by atoms with E-state index in [9.17, 15) is 5.11 Å². The Hall–Kier alpha value is -1.32. The minimum absolute atomic E-state index is 0.135. The molecule has 0 saturated carbocycles. The molecule has 2 rings (SSSR count). The minimum Gasteiger partial charge on any atom is -0.394 e. The topological polar surface area (TPSA) is 37.2 Å². The summed E-state index contributed by atoms with van der Waals surface area (Å²) in [6.07, 6.45) is 2.22. The highest BCUT2D eigenvalue weighted by Crippen LogP contribution is 2.24. The van der Waals surface area contributed by atoms with Crippen molar-refractivity contribution < 1.29 is 5.11 Å². The Morgan fingerprint density at radius 1 is 1.26 bits per heavy atom. The van der Waals surface area contributed by atoms with Gasteiger partial charge in [0.05, 0.1) is 6.61 Å². The van der Waals surface area contributed by atoms with Gasteiger partial charge in [-0.1, -0.05) is 18.2 Å². The van der Waals surface area contributed by atoms with E-state index in [1.807, 2.05) is 13.8 Å². The first kappa shape index (κ1) is 14.1. The van der Waals surface area contributed by atoms with Crippen LogP contribution >= 0.6 is 0 Å². The summed E-state index contributed by atoms with van der Waals surface area (Å²) in [5, 5.41) is 14.0. The van der Waals surface area contributed by atoms with Gasteiger partial charge in [0.2, 0.25) is 0 Å². The summed E-state index contributed by atoms with van der Waals surface area (Å²) < 4.78 is 2.30. The van der Waals surface area contributed by atoms with Crippen LogP contribution in [-0.2, 0) is 6.54 Å².